The molecule has 1 fully saturated rings. The van der Waals surface area contributed by atoms with E-state index >= 15 is 0 Å². The van der Waals surface area contributed by atoms with Crippen LogP contribution in [-0.2, 0) is 4.79 Å². The van der Waals surface area contributed by atoms with Crippen molar-refractivity contribution in [2.24, 2.45) is 17.6 Å². The highest BCUT2D eigenvalue weighted by Crippen LogP contribution is 2.22. The first-order valence-electron chi connectivity index (χ1n) is 6.51. The zero-order chi connectivity index (χ0) is 14.6. The van der Waals surface area contributed by atoms with Crippen molar-refractivity contribution in [3.8, 4) is 0 Å². The molecule has 2 atom stereocenters. The van der Waals surface area contributed by atoms with Gasteiger partial charge in [-0.25, -0.2) is 0 Å². The normalized spacial score (nSPS) is 21.6. The Morgan fingerprint density at radius 1 is 1.45 bits per heavy atom. The molecule has 0 bridgehead atoms. The summed E-state index contributed by atoms with van der Waals surface area (Å²) in [5.74, 6) is -0.111. The Morgan fingerprint density at radius 3 is 2.55 bits per heavy atom. The molecule has 1 rings (SSSR count). The van der Waals surface area contributed by atoms with E-state index in [9.17, 15) is 18.0 Å². The maximum Gasteiger partial charge on any atom is 0.401 e. The summed E-state index contributed by atoms with van der Waals surface area (Å²) in [6.45, 7) is 4.03. The minimum atomic E-state index is -4.15. The molecule has 0 aromatic rings. The highest BCUT2D eigenvalue weighted by atomic mass is 35.5. The van der Waals surface area contributed by atoms with E-state index in [4.69, 9.17) is 5.73 Å². The fourth-order valence-corrected chi connectivity index (χ4v) is 2.14. The average Bonchev–Trinajstić information content (AvgIpc) is 2.69. The van der Waals surface area contributed by atoms with Crippen LogP contribution in [0.2, 0.25) is 0 Å². The van der Waals surface area contributed by atoms with E-state index in [0.29, 0.717) is 26.1 Å². The third-order valence-electron chi connectivity index (χ3n) is 3.36. The Bertz CT molecular complexity index is 313. The van der Waals surface area contributed by atoms with Crippen molar-refractivity contribution in [3.05, 3.63) is 0 Å². The highest BCUT2D eigenvalue weighted by molar-refractivity contribution is 5.85. The van der Waals surface area contributed by atoms with Gasteiger partial charge in [-0.15, -0.1) is 12.4 Å². The molecule has 1 aliphatic heterocycles. The van der Waals surface area contributed by atoms with Crippen LogP contribution in [0, 0.1) is 11.8 Å². The predicted molar refractivity (Wildman–Crippen MR) is 73.7 cm³/mol. The van der Waals surface area contributed by atoms with E-state index in [1.165, 1.54) is 4.90 Å². The van der Waals surface area contributed by atoms with Gasteiger partial charge < -0.3 is 11.1 Å². The Balaban J connectivity index is 0.00000361. The van der Waals surface area contributed by atoms with E-state index < -0.39 is 18.8 Å². The lowest BCUT2D eigenvalue weighted by Crippen LogP contribution is -2.45. The molecule has 4 nitrogen and oxygen atoms in total. The quantitative estimate of drug-likeness (QED) is 0.805. The zero-order valence-corrected chi connectivity index (χ0v) is 12.6. The minimum Gasteiger partial charge on any atom is -0.354 e. The molecule has 3 N–H and O–H groups in total. The molecule has 120 valence electrons. The van der Waals surface area contributed by atoms with Crippen LogP contribution in [0.3, 0.4) is 0 Å². The monoisotopic (exact) mass is 317 g/mol. The van der Waals surface area contributed by atoms with Crippen LogP contribution in [0.1, 0.15) is 20.3 Å². The number of likely N-dealkylation sites (tertiary alicyclic amines) is 1. The summed E-state index contributed by atoms with van der Waals surface area (Å²) in [7, 11) is 0. The molecular formula is C12H23ClF3N3O. The molecule has 1 saturated heterocycles. The fourth-order valence-electron chi connectivity index (χ4n) is 2.14. The first kappa shape index (κ1) is 19.5. The van der Waals surface area contributed by atoms with Crippen molar-refractivity contribution in [2.45, 2.75) is 32.5 Å². The lowest BCUT2D eigenvalue weighted by atomic mass is 10.0. The van der Waals surface area contributed by atoms with Crippen LogP contribution in [0.15, 0.2) is 0 Å². The number of halogens is 4. The molecule has 1 amide bonds. The largest absolute Gasteiger partial charge is 0.401 e. The van der Waals surface area contributed by atoms with Crippen LogP contribution in [0.25, 0.3) is 0 Å². The Kier molecular flexibility index (Phi) is 7.83. The van der Waals surface area contributed by atoms with Gasteiger partial charge in [0.15, 0.2) is 0 Å². The highest BCUT2D eigenvalue weighted by Gasteiger charge is 2.34. The minimum absolute atomic E-state index is 0. The molecule has 0 saturated carbocycles. The van der Waals surface area contributed by atoms with Gasteiger partial charge in [0, 0.05) is 13.1 Å². The molecule has 0 radical (unpaired) electrons. The maximum atomic E-state index is 12.2. The molecular weight excluding hydrogens is 295 g/mol. The Hall–Kier alpha value is -0.530. The summed E-state index contributed by atoms with van der Waals surface area (Å²) >= 11 is 0. The maximum absolute atomic E-state index is 12.2. The second-order valence-corrected chi connectivity index (χ2v) is 5.52. The fraction of sp³-hybridized carbons (Fsp3) is 0.917. The lowest BCUT2D eigenvalue weighted by molar-refractivity contribution is -0.143. The summed E-state index contributed by atoms with van der Waals surface area (Å²) in [5.41, 5.74) is 5.68. The average molecular weight is 318 g/mol. The third kappa shape index (κ3) is 6.76. The number of carbonyl (C=O) groups excluding carboxylic acids is 1. The van der Waals surface area contributed by atoms with Crippen LogP contribution in [-0.4, -0.2) is 49.2 Å². The SMILES string of the molecule is CC(C)[C@H](N)C(=O)NCC1CCN(CC(F)(F)F)C1.Cl. The van der Waals surface area contributed by atoms with E-state index in [0.717, 1.165) is 0 Å². The van der Waals surface area contributed by atoms with Crippen molar-refractivity contribution >= 4 is 18.3 Å². The van der Waals surface area contributed by atoms with Gasteiger partial charge in [0.05, 0.1) is 12.6 Å². The van der Waals surface area contributed by atoms with Gasteiger partial charge in [0.1, 0.15) is 0 Å². The number of carbonyl (C=O) groups is 1. The molecule has 1 aliphatic rings. The van der Waals surface area contributed by atoms with Crippen LogP contribution in [0.4, 0.5) is 13.2 Å². The molecule has 0 spiro atoms. The number of nitrogens with one attached hydrogen (secondary N) is 1. The number of nitrogens with two attached hydrogens (primary N) is 1. The summed E-state index contributed by atoms with van der Waals surface area (Å²) in [6, 6.07) is -0.562. The number of nitrogens with zero attached hydrogens (tertiary/aromatic N) is 1. The molecule has 0 aromatic carbocycles. The molecule has 0 aliphatic carbocycles. The van der Waals surface area contributed by atoms with Crippen molar-refractivity contribution < 1.29 is 18.0 Å². The van der Waals surface area contributed by atoms with Crippen molar-refractivity contribution in [1.82, 2.24) is 10.2 Å². The van der Waals surface area contributed by atoms with E-state index in [2.05, 4.69) is 5.32 Å². The predicted octanol–water partition coefficient (Wildman–Crippen LogP) is 1.39. The van der Waals surface area contributed by atoms with E-state index in [1.807, 2.05) is 13.8 Å². The number of hydrogen-bond donors (Lipinski definition) is 2. The summed E-state index contributed by atoms with van der Waals surface area (Å²) in [5, 5.41) is 2.72. The molecule has 1 unspecified atom stereocenters. The van der Waals surface area contributed by atoms with E-state index in [-0.39, 0.29) is 30.2 Å². The van der Waals surface area contributed by atoms with Gasteiger partial charge in [0.25, 0.3) is 0 Å². The van der Waals surface area contributed by atoms with Crippen molar-refractivity contribution in [3.63, 3.8) is 0 Å². The van der Waals surface area contributed by atoms with Gasteiger partial charge >= 0.3 is 6.18 Å². The van der Waals surface area contributed by atoms with Crippen LogP contribution < -0.4 is 11.1 Å². The van der Waals surface area contributed by atoms with Gasteiger partial charge in [0.2, 0.25) is 5.91 Å². The number of amides is 1. The second-order valence-electron chi connectivity index (χ2n) is 5.52. The lowest BCUT2D eigenvalue weighted by Gasteiger charge is -2.19. The Labute approximate surface area is 123 Å². The van der Waals surface area contributed by atoms with Gasteiger partial charge in [-0.2, -0.15) is 13.2 Å². The molecule has 8 heteroatoms. The second kappa shape index (κ2) is 8.05. The first-order chi connectivity index (χ1) is 8.69. The van der Waals surface area contributed by atoms with E-state index in [1.54, 1.807) is 0 Å². The summed E-state index contributed by atoms with van der Waals surface area (Å²) in [6.07, 6.45) is -3.48. The van der Waals surface area contributed by atoms with Gasteiger partial charge in [-0.05, 0) is 24.8 Å². The summed E-state index contributed by atoms with van der Waals surface area (Å²) in [4.78, 5) is 13.0. The standard InChI is InChI=1S/C12H22F3N3O.ClH/c1-8(2)10(16)11(19)17-5-9-3-4-18(6-9)7-12(13,14)15;/h8-10H,3-7,16H2,1-2H3,(H,17,19);1H/t9?,10-;/m0./s1. The first-order valence-corrected chi connectivity index (χ1v) is 6.51. The number of alkyl halides is 3. The number of rotatable bonds is 5. The summed E-state index contributed by atoms with van der Waals surface area (Å²) < 4.78 is 36.6. The topological polar surface area (TPSA) is 58.4 Å². The van der Waals surface area contributed by atoms with Crippen LogP contribution >= 0.6 is 12.4 Å². The van der Waals surface area contributed by atoms with Crippen LogP contribution in [0.5, 0.6) is 0 Å². The molecule has 0 aromatic heterocycles. The zero-order valence-electron chi connectivity index (χ0n) is 11.7. The smallest absolute Gasteiger partial charge is 0.354 e. The van der Waals surface area contributed by atoms with Crippen molar-refractivity contribution in [2.75, 3.05) is 26.2 Å². The third-order valence-corrected chi connectivity index (χ3v) is 3.36. The van der Waals surface area contributed by atoms with Crippen molar-refractivity contribution in [1.29, 1.82) is 0 Å². The molecule has 20 heavy (non-hydrogen) atoms. The Morgan fingerprint density at radius 2 is 2.05 bits per heavy atom. The number of hydrogen-bond acceptors (Lipinski definition) is 3. The van der Waals surface area contributed by atoms with Gasteiger partial charge in [-0.1, -0.05) is 13.8 Å². The molecule has 1 heterocycles. The van der Waals surface area contributed by atoms with Gasteiger partial charge in [-0.3, -0.25) is 9.69 Å².